The summed E-state index contributed by atoms with van der Waals surface area (Å²) in [6, 6.07) is 12.2. The minimum Gasteiger partial charge on any atom is -0.508 e. The number of fused-ring (bicyclic) bond motifs is 6. The Morgan fingerprint density at radius 1 is 0.972 bits per heavy atom. The summed E-state index contributed by atoms with van der Waals surface area (Å²) in [7, 11) is 3.48. The van der Waals surface area contributed by atoms with E-state index in [0.717, 1.165) is 78.2 Å². The van der Waals surface area contributed by atoms with Gasteiger partial charge in [-0.05, 0) is 103 Å². The minimum atomic E-state index is -0.555. The molecular weight excluding hydrogens is 944 g/mol. The van der Waals surface area contributed by atoms with Crippen LogP contribution < -0.4 is 10.9 Å². The zero-order valence-electron chi connectivity index (χ0n) is 41.2. The number of esters is 1. The predicted molar refractivity (Wildman–Crippen MR) is 273 cm³/mol. The normalized spacial score (nSPS) is 18.6. The number of nitrogens with zero attached hydrogens (tertiary/aromatic N) is 5. The number of aryl methyl sites for hydroxylation is 1. The van der Waals surface area contributed by atoms with Crippen molar-refractivity contribution < 1.29 is 38.5 Å². The fourth-order valence-electron chi connectivity index (χ4n) is 11.1. The third kappa shape index (κ3) is 9.39. The van der Waals surface area contributed by atoms with E-state index in [9.17, 15) is 29.4 Å². The van der Waals surface area contributed by atoms with Gasteiger partial charge in [0, 0.05) is 81.2 Å². The van der Waals surface area contributed by atoms with E-state index in [4.69, 9.17) is 14.5 Å². The van der Waals surface area contributed by atoms with Crippen molar-refractivity contribution >= 4 is 50.5 Å². The smallest absolute Gasteiger partial charge is 0.407 e. The lowest BCUT2D eigenvalue weighted by Crippen LogP contribution is -2.46. The number of ether oxygens (including phenoxy) is 2. The van der Waals surface area contributed by atoms with Crippen molar-refractivity contribution in [1.82, 2.24) is 29.6 Å². The molecule has 2 amide bonds. The molecule has 71 heavy (non-hydrogen) atoms. The van der Waals surface area contributed by atoms with Gasteiger partial charge in [-0.25, -0.2) is 14.2 Å². The molecule has 0 spiro atoms. The van der Waals surface area contributed by atoms with Crippen LogP contribution in [0, 0.1) is 12.7 Å². The zero-order chi connectivity index (χ0) is 50.0. The summed E-state index contributed by atoms with van der Waals surface area (Å²) in [5, 5.41) is 24.8. The van der Waals surface area contributed by atoms with Crippen LogP contribution in [0.3, 0.4) is 0 Å². The van der Waals surface area contributed by atoms with E-state index in [2.05, 4.69) is 47.2 Å². The van der Waals surface area contributed by atoms with Crippen molar-refractivity contribution in [2.45, 2.75) is 116 Å². The van der Waals surface area contributed by atoms with Crippen LogP contribution in [-0.2, 0) is 53.5 Å². The number of carbonyl (C=O) groups excluding carboxylic acids is 3. The number of hydrogen-bond donors (Lipinski definition) is 3. The third-order valence-electron chi connectivity index (χ3n) is 15.0. The second kappa shape index (κ2) is 19.4. The van der Waals surface area contributed by atoms with Crippen molar-refractivity contribution in [3.05, 3.63) is 120 Å². The van der Waals surface area contributed by atoms with Crippen LogP contribution in [0.25, 0.3) is 22.3 Å². The first kappa shape index (κ1) is 49.0. The number of hydrogen-bond acceptors (Lipinski definition) is 13. The number of aromatic nitrogens is 2. The average Bonchev–Trinajstić information content (AvgIpc) is 3.94. The number of rotatable bonds is 13. The lowest BCUT2D eigenvalue weighted by atomic mass is 9.81. The molecule has 2 unspecified atom stereocenters. The molecule has 0 radical (unpaired) electrons. The Morgan fingerprint density at radius 3 is 2.49 bits per heavy atom. The molecule has 1 saturated heterocycles. The second-order valence-corrected chi connectivity index (χ2v) is 23.7. The van der Waals surface area contributed by atoms with E-state index in [1.165, 1.54) is 17.7 Å². The predicted octanol–water partition coefficient (Wildman–Crippen LogP) is 8.81. The number of nitrogens with one attached hydrogen (secondary N) is 1. The monoisotopic (exact) mass is 1000 g/mol. The highest BCUT2D eigenvalue weighted by Gasteiger charge is 2.38. The van der Waals surface area contributed by atoms with Crippen LogP contribution in [0.5, 0.6) is 11.5 Å². The Balaban J connectivity index is 0.703. The van der Waals surface area contributed by atoms with E-state index in [1.807, 2.05) is 26.8 Å². The zero-order valence-corrected chi connectivity index (χ0v) is 42.8. The summed E-state index contributed by atoms with van der Waals surface area (Å²) >= 11 is 0. The van der Waals surface area contributed by atoms with E-state index < -0.39 is 18.1 Å². The molecule has 17 heteroatoms. The van der Waals surface area contributed by atoms with Crippen LogP contribution >= 0.6 is 21.6 Å². The SMILES string of the molecule is CCC1C(=O)OCc2c1cc1n(c2=O)Cc2c-1nc1cc(F)c(C)c3c1c2C(NC(=O)OCC(C)(C)SSCCN1CCN(Cc2ccc4c(c2)CN(C(=O)c2cc(C(C)C)c(O)cc2O)C4)CC1)CC3. The second-order valence-electron chi connectivity index (χ2n) is 20.6. The number of benzene rings is 3. The first-order valence-electron chi connectivity index (χ1n) is 24.7. The first-order valence-corrected chi connectivity index (χ1v) is 27.0. The number of piperazine rings is 1. The van der Waals surface area contributed by atoms with Crippen molar-refractivity contribution in [2.24, 2.45) is 0 Å². The molecule has 3 aromatic carbocycles. The van der Waals surface area contributed by atoms with Crippen molar-refractivity contribution in [1.29, 1.82) is 0 Å². The standard InChI is InChI=1S/C54H61FN6O8S2/c1-7-34-37-20-44-49-39(26-61(44)51(65)40(37)27-68-52(34)66)48-42(11-10-35-30(4)41(55)21-43(56-49)47(35)48)57-53(67)69-28-54(5,6)71-70-17-16-58-12-14-59(15-13-58)23-31-8-9-32-24-60(25-33(32)18-31)50(64)38-19-36(29(2)3)45(62)22-46(38)63/h8-9,18-22,29,34,42,62-63H,7,10-17,23-28H2,1-6H3,(H,57,67). The van der Waals surface area contributed by atoms with Gasteiger partial charge in [0.2, 0.25) is 0 Å². The highest BCUT2D eigenvalue weighted by atomic mass is 33.1. The molecule has 10 rings (SSSR count). The van der Waals surface area contributed by atoms with Crippen LogP contribution in [0.1, 0.15) is 131 Å². The molecule has 5 aromatic rings. The van der Waals surface area contributed by atoms with Gasteiger partial charge in [0.25, 0.3) is 11.5 Å². The van der Waals surface area contributed by atoms with Gasteiger partial charge >= 0.3 is 12.1 Å². The molecule has 0 bridgehead atoms. The quantitative estimate of drug-likeness (QED) is 0.0572. The van der Waals surface area contributed by atoms with Gasteiger partial charge in [0.15, 0.2) is 0 Å². The summed E-state index contributed by atoms with van der Waals surface area (Å²) in [5.74, 6) is -0.797. The molecule has 3 N–H and O–H groups in total. The summed E-state index contributed by atoms with van der Waals surface area (Å²) in [6.45, 7) is 18.6. The van der Waals surface area contributed by atoms with Crippen LogP contribution in [-0.4, -0.2) is 102 Å². The molecule has 1 aliphatic carbocycles. The number of pyridine rings is 2. The molecule has 2 atom stereocenters. The van der Waals surface area contributed by atoms with Gasteiger partial charge in [-0.2, -0.15) is 0 Å². The number of phenols is 2. The fraction of sp³-hybridized carbons (Fsp3) is 0.463. The average molecular weight is 1010 g/mol. The van der Waals surface area contributed by atoms with Gasteiger partial charge < -0.3 is 34.5 Å². The first-order chi connectivity index (χ1) is 34.0. The van der Waals surface area contributed by atoms with Crippen molar-refractivity contribution in [3.8, 4) is 22.9 Å². The van der Waals surface area contributed by atoms with Crippen molar-refractivity contribution in [2.75, 3.05) is 45.1 Å². The maximum Gasteiger partial charge on any atom is 0.407 e. The van der Waals surface area contributed by atoms with E-state index >= 15 is 4.39 Å². The number of aromatic hydroxyl groups is 2. The molecule has 374 valence electrons. The molecule has 2 aromatic heterocycles. The highest BCUT2D eigenvalue weighted by Crippen LogP contribution is 2.46. The summed E-state index contributed by atoms with van der Waals surface area (Å²) < 4.78 is 28.0. The van der Waals surface area contributed by atoms with Gasteiger partial charge in [-0.15, -0.1) is 0 Å². The molecule has 5 aliphatic rings. The van der Waals surface area contributed by atoms with Gasteiger partial charge in [0.1, 0.15) is 30.5 Å². The summed E-state index contributed by atoms with van der Waals surface area (Å²) in [5.41, 5.74) is 9.83. The van der Waals surface area contributed by atoms with Crippen LogP contribution in [0.2, 0.25) is 0 Å². The number of amides is 2. The summed E-state index contributed by atoms with van der Waals surface area (Å²) in [6.07, 6.45) is 1.01. The molecule has 1 fully saturated rings. The fourth-order valence-corrected chi connectivity index (χ4v) is 13.5. The van der Waals surface area contributed by atoms with E-state index in [1.54, 1.807) is 44.0 Å². The molecule has 14 nitrogen and oxygen atoms in total. The maximum absolute atomic E-state index is 15.4. The van der Waals surface area contributed by atoms with E-state index in [0.29, 0.717) is 71.5 Å². The lowest BCUT2D eigenvalue weighted by Gasteiger charge is -2.34. The number of cyclic esters (lactones) is 1. The highest BCUT2D eigenvalue weighted by molar-refractivity contribution is 8.77. The third-order valence-corrected chi connectivity index (χ3v) is 18.2. The molecule has 4 aliphatic heterocycles. The van der Waals surface area contributed by atoms with Crippen LogP contribution in [0.15, 0.2) is 47.3 Å². The number of alkyl carbamates (subject to hydrolysis) is 1. The molecule has 0 saturated carbocycles. The number of halogens is 1. The molecule has 6 heterocycles. The van der Waals surface area contributed by atoms with Crippen LogP contribution in [0.4, 0.5) is 9.18 Å². The lowest BCUT2D eigenvalue weighted by molar-refractivity contribution is -0.148. The van der Waals surface area contributed by atoms with E-state index in [-0.39, 0.29) is 70.7 Å². The Hall–Kier alpha value is -5.62. The maximum atomic E-state index is 15.4. The van der Waals surface area contributed by atoms with Gasteiger partial charge in [0.05, 0.1) is 51.3 Å². The number of phenolic OH excluding ortho intramolecular Hbond substituents is 2. The Labute approximate surface area is 420 Å². The molecular formula is C54H61FN6O8S2. The van der Waals surface area contributed by atoms with Gasteiger partial charge in [-0.3, -0.25) is 24.2 Å². The largest absolute Gasteiger partial charge is 0.508 e. The Bertz CT molecular complexity index is 3060. The summed E-state index contributed by atoms with van der Waals surface area (Å²) in [4.78, 5) is 65.5. The number of carbonyl (C=O) groups is 3. The topological polar surface area (TPSA) is 167 Å². The minimum absolute atomic E-state index is 0.00695. The Morgan fingerprint density at radius 2 is 1.73 bits per heavy atom. The van der Waals surface area contributed by atoms with Crippen molar-refractivity contribution in [3.63, 3.8) is 0 Å². The Kier molecular flexibility index (Phi) is 13.4. The van der Waals surface area contributed by atoms with Gasteiger partial charge in [-0.1, -0.05) is 60.6 Å².